The Morgan fingerprint density at radius 2 is 1.81 bits per heavy atom. The Balaban J connectivity index is 1.75. The predicted molar refractivity (Wildman–Crippen MR) is 84.4 cm³/mol. The van der Waals surface area contributed by atoms with Crippen LogP contribution in [0.2, 0.25) is 0 Å². The van der Waals surface area contributed by atoms with Crippen molar-refractivity contribution in [2.75, 3.05) is 6.61 Å². The Labute approximate surface area is 150 Å². The van der Waals surface area contributed by atoms with E-state index in [4.69, 9.17) is 9.47 Å². The van der Waals surface area contributed by atoms with Gasteiger partial charge in [-0.05, 0) is 37.0 Å². The van der Waals surface area contributed by atoms with Crippen molar-refractivity contribution in [1.82, 2.24) is 0 Å². The molecule has 2 spiro atoms. The fourth-order valence-corrected chi connectivity index (χ4v) is 6.99. The number of aliphatic hydroxyl groups excluding tert-OH is 1. The zero-order valence-corrected chi connectivity index (χ0v) is 14.8. The molecule has 0 aromatic heterocycles. The number of rotatable bonds is 0. The Morgan fingerprint density at radius 1 is 1.08 bits per heavy atom. The standard InChI is InChI=1S/C19H22O7/c1-17(2)6-5-10-18(7-25-15(23)12(17)18)9-4-3-8-11(20)14(22)19(9,13(8)21)16(24)26-10/h8-10,12-13,21H,3-7H2,1-2H3/t8-,9-,10-,12+,13+,18+,19+/m0/s1. The van der Waals surface area contributed by atoms with Crippen molar-refractivity contribution in [3.63, 3.8) is 0 Å². The first-order valence-corrected chi connectivity index (χ1v) is 9.33. The highest BCUT2D eigenvalue weighted by molar-refractivity contribution is 6.46. The van der Waals surface area contributed by atoms with E-state index in [1.807, 2.05) is 13.8 Å². The van der Waals surface area contributed by atoms with Gasteiger partial charge in [-0.3, -0.25) is 19.2 Å². The summed E-state index contributed by atoms with van der Waals surface area (Å²) < 4.78 is 11.2. The van der Waals surface area contributed by atoms with E-state index >= 15 is 0 Å². The Morgan fingerprint density at radius 3 is 2.54 bits per heavy atom. The molecule has 2 heterocycles. The van der Waals surface area contributed by atoms with Crippen molar-refractivity contribution < 1.29 is 33.8 Å². The van der Waals surface area contributed by atoms with Gasteiger partial charge < -0.3 is 14.6 Å². The molecular formula is C19H22O7. The third-order valence-electron chi connectivity index (χ3n) is 8.01. The summed E-state index contributed by atoms with van der Waals surface area (Å²) in [7, 11) is 0. The predicted octanol–water partition coefficient (Wildman–Crippen LogP) is 0.416. The fourth-order valence-electron chi connectivity index (χ4n) is 6.99. The maximum Gasteiger partial charge on any atom is 0.323 e. The van der Waals surface area contributed by atoms with Crippen molar-refractivity contribution in [2.45, 2.75) is 51.7 Å². The molecule has 0 aromatic rings. The summed E-state index contributed by atoms with van der Waals surface area (Å²) in [6.07, 6.45) is 0.174. The van der Waals surface area contributed by atoms with Crippen LogP contribution in [0, 0.1) is 34.0 Å². The number of hydrogen-bond donors (Lipinski definition) is 1. The largest absolute Gasteiger partial charge is 0.465 e. The molecule has 0 radical (unpaired) electrons. The summed E-state index contributed by atoms with van der Waals surface area (Å²) in [6, 6.07) is 0. The second-order valence-corrected chi connectivity index (χ2v) is 9.32. The Hall–Kier alpha value is -1.76. The van der Waals surface area contributed by atoms with E-state index in [1.165, 1.54) is 0 Å². The van der Waals surface area contributed by atoms with E-state index in [2.05, 4.69) is 0 Å². The molecule has 26 heavy (non-hydrogen) atoms. The van der Waals surface area contributed by atoms with Crippen LogP contribution in [0.1, 0.15) is 39.5 Å². The van der Waals surface area contributed by atoms with E-state index in [1.54, 1.807) is 0 Å². The summed E-state index contributed by atoms with van der Waals surface area (Å²) in [4.78, 5) is 51.0. The molecule has 5 aliphatic rings. The average Bonchev–Trinajstić information content (AvgIpc) is 2.98. The van der Waals surface area contributed by atoms with Crippen LogP contribution in [0.15, 0.2) is 0 Å². The van der Waals surface area contributed by atoms with Gasteiger partial charge in [0.05, 0.1) is 23.4 Å². The van der Waals surface area contributed by atoms with Crippen LogP contribution in [-0.2, 0) is 28.7 Å². The van der Waals surface area contributed by atoms with Gasteiger partial charge in [-0.15, -0.1) is 0 Å². The maximum atomic E-state index is 13.0. The smallest absolute Gasteiger partial charge is 0.323 e. The zero-order valence-electron chi connectivity index (χ0n) is 14.8. The SMILES string of the molecule is CC1(C)CC[C@@H]2OC(=O)[C@]34C(=O)C(=O)[C@H](CC[C@H]3[C@]23COC(=O)[C@H]13)[C@H]4O. The third-order valence-corrected chi connectivity index (χ3v) is 8.01. The van der Waals surface area contributed by atoms with Crippen LogP contribution < -0.4 is 0 Å². The van der Waals surface area contributed by atoms with Gasteiger partial charge in [-0.2, -0.15) is 0 Å². The highest BCUT2D eigenvalue weighted by atomic mass is 16.6. The summed E-state index contributed by atoms with van der Waals surface area (Å²) in [5.41, 5.74) is -3.09. The second-order valence-electron chi connectivity index (χ2n) is 9.32. The van der Waals surface area contributed by atoms with Crippen molar-refractivity contribution in [1.29, 1.82) is 0 Å². The number of carbonyl (C=O) groups is 4. The normalized spacial score (nSPS) is 51.3. The molecule has 7 heteroatoms. The summed E-state index contributed by atoms with van der Waals surface area (Å²) in [5, 5.41) is 10.8. The van der Waals surface area contributed by atoms with Gasteiger partial charge in [0.25, 0.3) is 0 Å². The van der Waals surface area contributed by atoms with Crippen LogP contribution in [-0.4, -0.2) is 47.4 Å². The molecular weight excluding hydrogens is 340 g/mol. The molecule has 0 unspecified atom stereocenters. The molecule has 2 aliphatic heterocycles. The monoisotopic (exact) mass is 362 g/mol. The Kier molecular flexibility index (Phi) is 2.88. The number of fused-ring (bicyclic) bond motifs is 1. The highest BCUT2D eigenvalue weighted by Gasteiger charge is 2.81. The molecule has 1 N–H and O–H groups in total. The van der Waals surface area contributed by atoms with E-state index in [0.717, 1.165) is 0 Å². The van der Waals surface area contributed by atoms with Gasteiger partial charge in [0.1, 0.15) is 12.7 Å². The summed E-state index contributed by atoms with van der Waals surface area (Å²) in [5.74, 6) is -4.60. The zero-order chi connectivity index (χ0) is 18.6. The van der Waals surface area contributed by atoms with Crippen LogP contribution in [0.25, 0.3) is 0 Å². The van der Waals surface area contributed by atoms with Gasteiger partial charge >= 0.3 is 11.9 Å². The van der Waals surface area contributed by atoms with Gasteiger partial charge in [0, 0.05) is 0 Å². The lowest BCUT2D eigenvalue weighted by atomic mass is 9.44. The number of hydrogen-bond acceptors (Lipinski definition) is 7. The second kappa shape index (κ2) is 4.55. The number of ketones is 2. The quantitative estimate of drug-likeness (QED) is 0.378. The topological polar surface area (TPSA) is 107 Å². The number of esters is 2. The lowest BCUT2D eigenvalue weighted by Gasteiger charge is -2.60. The van der Waals surface area contributed by atoms with Crippen LogP contribution >= 0.6 is 0 Å². The van der Waals surface area contributed by atoms with Gasteiger partial charge in [0.2, 0.25) is 11.6 Å². The summed E-state index contributed by atoms with van der Waals surface area (Å²) >= 11 is 0. The van der Waals surface area contributed by atoms with Crippen LogP contribution in [0.4, 0.5) is 0 Å². The molecule has 7 nitrogen and oxygen atoms in total. The number of Topliss-reactive ketones (excluding diaryl/α,β-unsaturated/α-hetero) is 2. The molecule has 3 saturated carbocycles. The number of ether oxygens (including phenoxy) is 2. The Bertz CT molecular complexity index is 770. The molecule has 5 fully saturated rings. The molecule has 3 aliphatic carbocycles. The van der Waals surface area contributed by atoms with Gasteiger partial charge in [0.15, 0.2) is 5.41 Å². The van der Waals surface area contributed by atoms with Crippen LogP contribution in [0.3, 0.4) is 0 Å². The van der Waals surface area contributed by atoms with E-state index in [0.29, 0.717) is 25.7 Å². The number of aliphatic hydroxyl groups is 1. The van der Waals surface area contributed by atoms with Crippen molar-refractivity contribution in [3.8, 4) is 0 Å². The first-order chi connectivity index (χ1) is 12.2. The molecule has 140 valence electrons. The van der Waals surface area contributed by atoms with Gasteiger partial charge in [-0.1, -0.05) is 13.8 Å². The summed E-state index contributed by atoms with van der Waals surface area (Å²) in [6.45, 7) is 4.06. The third kappa shape index (κ3) is 1.45. The van der Waals surface area contributed by atoms with Crippen molar-refractivity contribution >= 4 is 23.5 Å². The number of cyclic esters (lactones) is 1. The fraction of sp³-hybridized carbons (Fsp3) is 0.789. The molecule has 7 atom stereocenters. The molecule has 2 bridgehead atoms. The minimum Gasteiger partial charge on any atom is -0.465 e. The maximum absolute atomic E-state index is 13.0. The molecule has 5 rings (SSSR count). The van der Waals surface area contributed by atoms with Crippen molar-refractivity contribution in [3.05, 3.63) is 0 Å². The molecule has 2 saturated heterocycles. The average molecular weight is 362 g/mol. The first kappa shape index (κ1) is 16.4. The molecule has 0 aromatic carbocycles. The lowest BCUT2D eigenvalue weighted by molar-refractivity contribution is -0.244. The highest BCUT2D eigenvalue weighted by Crippen LogP contribution is 2.69. The number of carbonyl (C=O) groups excluding carboxylic acids is 4. The van der Waals surface area contributed by atoms with Crippen LogP contribution in [0.5, 0.6) is 0 Å². The van der Waals surface area contributed by atoms with Gasteiger partial charge in [-0.25, -0.2) is 0 Å². The van der Waals surface area contributed by atoms with E-state index in [9.17, 15) is 24.3 Å². The minimum atomic E-state index is -1.86. The van der Waals surface area contributed by atoms with E-state index in [-0.39, 0.29) is 18.0 Å². The first-order valence-electron chi connectivity index (χ1n) is 9.33. The molecule has 0 amide bonds. The lowest BCUT2D eigenvalue weighted by Crippen LogP contribution is -2.70. The van der Waals surface area contributed by atoms with Crippen molar-refractivity contribution in [2.24, 2.45) is 34.0 Å². The van der Waals surface area contributed by atoms with E-state index < -0.39 is 58.3 Å². The minimum absolute atomic E-state index is 0.0726.